The Morgan fingerprint density at radius 1 is 1.13 bits per heavy atom. The Labute approximate surface area is 181 Å². The molecule has 1 N–H and O–H groups in total. The van der Waals surface area contributed by atoms with Crippen molar-refractivity contribution in [3.63, 3.8) is 0 Å². The molecule has 0 aliphatic heterocycles. The number of hydrogen-bond donors (Lipinski definition) is 1. The largest absolute Gasteiger partial charge is 0.495 e. The fourth-order valence-electron chi connectivity index (χ4n) is 3.40. The Balaban J connectivity index is 1.99. The Kier molecular flexibility index (Phi) is 6.53. The standard InChI is InChI=1S/C22H23ClN2O4S/c1-4-20(22(26)24-19-11-7-9-15-8-5-6-10-17(15)19)25(30(3,27)28)16-12-13-21(29-2)18(23)14-16/h5-14,20H,4H2,1-3H3,(H,24,26)/t20-/m1/s1. The average molecular weight is 447 g/mol. The van der Waals surface area contributed by atoms with E-state index in [9.17, 15) is 13.2 Å². The number of sulfonamides is 1. The number of benzene rings is 3. The molecule has 158 valence electrons. The minimum atomic E-state index is -3.77. The molecule has 0 aliphatic carbocycles. The van der Waals surface area contributed by atoms with Crippen LogP contribution in [0.5, 0.6) is 5.75 Å². The van der Waals surface area contributed by atoms with Crippen LogP contribution in [0.4, 0.5) is 11.4 Å². The summed E-state index contributed by atoms with van der Waals surface area (Å²) in [4.78, 5) is 13.2. The molecule has 0 radical (unpaired) electrons. The van der Waals surface area contributed by atoms with Crippen molar-refractivity contribution in [3.8, 4) is 5.75 Å². The van der Waals surface area contributed by atoms with Gasteiger partial charge in [-0.2, -0.15) is 0 Å². The number of methoxy groups -OCH3 is 1. The zero-order valence-corrected chi connectivity index (χ0v) is 18.5. The Morgan fingerprint density at radius 2 is 1.83 bits per heavy atom. The molecule has 0 bridgehead atoms. The number of anilines is 2. The quantitative estimate of drug-likeness (QED) is 0.571. The third kappa shape index (κ3) is 4.52. The van der Waals surface area contributed by atoms with Gasteiger partial charge < -0.3 is 10.1 Å². The van der Waals surface area contributed by atoms with Gasteiger partial charge in [0, 0.05) is 11.1 Å². The van der Waals surface area contributed by atoms with Gasteiger partial charge in [-0.15, -0.1) is 0 Å². The molecule has 0 unspecified atom stereocenters. The maximum absolute atomic E-state index is 13.2. The number of ether oxygens (including phenoxy) is 1. The number of halogens is 1. The fraction of sp³-hybridized carbons (Fsp3) is 0.227. The van der Waals surface area contributed by atoms with E-state index in [-0.39, 0.29) is 11.4 Å². The average Bonchev–Trinajstić information content (AvgIpc) is 2.71. The minimum Gasteiger partial charge on any atom is -0.495 e. The van der Waals surface area contributed by atoms with Crippen LogP contribution in [0.2, 0.25) is 5.02 Å². The third-order valence-electron chi connectivity index (χ3n) is 4.77. The van der Waals surface area contributed by atoms with Crippen LogP contribution in [-0.4, -0.2) is 33.7 Å². The second kappa shape index (κ2) is 8.93. The number of nitrogens with zero attached hydrogens (tertiary/aromatic N) is 1. The smallest absolute Gasteiger partial charge is 0.248 e. The molecule has 8 heteroatoms. The van der Waals surface area contributed by atoms with E-state index in [1.807, 2.05) is 36.4 Å². The van der Waals surface area contributed by atoms with Gasteiger partial charge in [0.15, 0.2) is 0 Å². The predicted octanol–water partition coefficient (Wildman–Crippen LogP) is 4.69. The van der Waals surface area contributed by atoms with E-state index < -0.39 is 22.0 Å². The van der Waals surface area contributed by atoms with Crippen LogP contribution in [-0.2, 0) is 14.8 Å². The van der Waals surface area contributed by atoms with Crippen molar-refractivity contribution in [1.29, 1.82) is 0 Å². The van der Waals surface area contributed by atoms with Crippen LogP contribution in [0.15, 0.2) is 60.7 Å². The van der Waals surface area contributed by atoms with Crippen molar-refractivity contribution in [1.82, 2.24) is 0 Å². The van der Waals surface area contributed by atoms with Gasteiger partial charge >= 0.3 is 0 Å². The van der Waals surface area contributed by atoms with Gasteiger partial charge in [0.2, 0.25) is 15.9 Å². The van der Waals surface area contributed by atoms with Crippen LogP contribution in [0, 0.1) is 0 Å². The highest BCUT2D eigenvalue weighted by Gasteiger charge is 2.32. The molecule has 0 saturated carbocycles. The maximum atomic E-state index is 13.2. The van der Waals surface area contributed by atoms with Gasteiger partial charge in [0.25, 0.3) is 0 Å². The molecule has 3 aromatic carbocycles. The highest BCUT2D eigenvalue weighted by atomic mass is 35.5. The van der Waals surface area contributed by atoms with Crippen LogP contribution < -0.4 is 14.4 Å². The molecule has 30 heavy (non-hydrogen) atoms. The van der Waals surface area contributed by atoms with Crippen molar-refractivity contribution in [2.45, 2.75) is 19.4 Å². The van der Waals surface area contributed by atoms with E-state index in [1.54, 1.807) is 25.1 Å². The van der Waals surface area contributed by atoms with Crippen molar-refractivity contribution in [2.24, 2.45) is 0 Å². The fourth-order valence-corrected chi connectivity index (χ4v) is 4.86. The minimum absolute atomic E-state index is 0.257. The first kappa shape index (κ1) is 21.9. The summed E-state index contributed by atoms with van der Waals surface area (Å²) >= 11 is 6.20. The van der Waals surface area contributed by atoms with Crippen molar-refractivity contribution in [2.75, 3.05) is 23.0 Å². The van der Waals surface area contributed by atoms with Crippen molar-refractivity contribution in [3.05, 3.63) is 65.7 Å². The van der Waals surface area contributed by atoms with E-state index >= 15 is 0 Å². The summed E-state index contributed by atoms with van der Waals surface area (Å²) in [5, 5.41) is 5.00. The molecule has 0 heterocycles. The number of hydrogen-bond acceptors (Lipinski definition) is 4. The van der Waals surface area contributed by atoms with E-state index in [0.717, 1.165) is 21.3 Å². The third-order valence-corrected chi connectivity index (χ3v) is 6.24. The van der Waals surface area contributed by atoms with E-state index in [4.69, 9.17) is 16.3 Å². The highest BCUT2D eigenvalue weighted by molar-refractivity contribution is 7.92. The molecule has 1 atom stereocenters. The summed E-state index contributed by atoms with van der Waals surface area (Å²) in [6.45, 7) is 1.76. The second-order valence-electron chi connectivity index (χ2n) is 6.82. The predicted molar refractivity (Wildman–Crippen MR) is 122 cm³/mol. The number of rotatable bonds is 7. The zero-order chi connectivity index (χ0) is 21.9. The summed E-state index contributed by atoms with van der Waals surface area (Å²) in [5.74, 6) is -0.00617. The number of carbonyl (C=O) groups excluding carboxylic acids is 1. The van der Waals surface area contributed by atoms with Crippen LogP contribution in [0.25, 0.3) is 10.8 Å². The second-order valence-corrected chi connectivity index (χ2v) is 9.08. The Morgan fingerprint density at radius 3 is 2.47 bits per heavy atom. The molecular weight excluding hydrogens is 424 g/mol. The van der Waals surface area contributed by atoms with Gasteiger partial charge in [0.1, 0.15) is 11.8 Å². The zero-order valence-electron chi connectivity index (χ0n) is 16.9. The molecule has 0 aromatic heterocycles. The van der Waals surface area contributed by atoms with Gasteiger partial charge in [-0.25, -0.2) is 8.42 Å². The monoisotopic (exact) mass is 446 g/mol. The lowest BCUT2D eigenvalue weighted by Gasteiger charge is -2.30. The lowest BCUT2D eigenvalue weighted by Crippen LogP contribution is -2.47. The van der Waals surface area contributed by atoms with E-state index in [1.165, 1.54) is 13.2 Å². The number of amides is 1. The molecule has 1 amide bonds. The summed E-state index contributed by atoms with van der Waals surface area (Å²) in [6.07, 6.45) is 1.34. The van der Waals surface area contributed by atoms with E-state index in [2.05, 4.69) is 5.32 Å². The first-order valence-corrected chi connectivity index (χ1v) is 11.6. The van der Waals surface area contributed by atoms with Crippen molar-refractivity contribution >= 4 is 49.7 Å². The molecule has 3 rings (SSSR count). The summed E-state index contributed by atoms with van der Waals surface area (Å²) in [7, 11) is -2.30. The molecule has 0 fully saturated rings. The van der Waals surface area contributed by atoms with E-state index in [0.29, 0.717) is 17.1 Å². The SMILES string of the molecule is CC[C@H](C(=O)Nc1cccc2ccccc12)N(c1ccc(OC)c(Cl)c1)S(C)(=O)=O. The molecule has 0 spiro atoms. The van der Waals surface area contributed by atoms with Crippen LogP contribution in [0.3, 0.4) is 0 Å². The summed E-state index contributed by atoms with van der Waals surface area (Å²) < 4.78 is 31.5. The van der Waals surface area contributed by atoms with Gasteiger partial charge in [0.05, 0.1) is 24.1 Å². The molecule has 3 aromatic rings. The van der Waals surface area contributed by atoms with Crippen molar-refractivity contribution < 1.29 is 17.9 Å². The molecule has 0 saturated heterocycles. The maximum Gasteiger partial charge on any atom is 0.248 e. The molecular formula is C22H23ClN2O4S. The van der Waals surface area contributed by atoms with Gasteiger partial charge in [-0.05, 0) is 36.1 Å². The number of nitrogens with one attached hydrogen (secondary N) is 1. The number of carbonyl (C=O) groups is 1. The lowest BCUT2D eigenvalue weighted by molar-refractivity contribution is -0.117. The summed E-state index contributed by atoms with van der Waals surface area (Å²) in [5.41, 5.74) is 0.918. The van der Waals surface area contributed by atoms with Crippen LogP contribution in [0.1, 0.15) is 13.3 Å². The first-order chi connectivity index (χ1) is 14.3. The number of fused-ring (bicyclic) bond motifs is 1. The van der Waals surface area contributed by atoms with Gasteiger partial charge in [-0.1, -0.05) is 54.9 Å². The summed E-state index contributed by atoms with van der Waals surface area (Å²) in [6, 6.07) is 16.9. The normalized spacial score (nSPS) is 12.4. The molecule has 0 aliphatic rings. The lowest BCUT2D eigenvalue weighted by atomic mass is 10.1. The van der Waals surface area contributed by atoms with Gasteiger partial charge in [-0.3, -0.25) is 9.10 Å². The highest BCUT2D eigenvalue weighted by Crippen LogP contribution is 2.32. The Bertz CT molecular complexity index is 1180. The molecule has 6 nitrogen and oxygen atoms in total. The van der Waals surface area contributed by atoms with Crippen LogP contribution >= 0.6 is 11.6 Å². The Hall–Kier alpha value is -2.77. The topological polar surface area (TPSA) is 75.7 Å². The first-order valence-electron chi connectivity index (χ1n) is 9.37.